The van der Waals surface area contributed by atoms with Gasteiger partial charge in [-0.05, 0) is 49.1 Å². The monoisotopic (exact) mass is 380 g/mol. The van der Waals surface area contributed by atoms with Crippen LogP contribution in [0.25, 0.3) is 0 Å². The Bertz CT molecular complexity index is 803. The van der Waals surface area contributed by atoms with E-state index < -0.39 is 6.04 Å². The average Bonchev–Trinajstić information content (AvgIpc) is 3.20. The highest BCUT2D eigenvalue weighted by Crippen LogP contribution is 2.37. The Morgan fingerprint density at radius 1 is 1.11 bits per heavy atom. The van der Waals surface area contributed by atoms with Crippen LogP contribution in [0.1, 0.15) is 56.7 Å². The van der Waals surface area contributed by atoms with Crippen molar-refractivity contribution in [3.63, 3.8) is 0 Å². The number of nitrogens with one attached hydrogen (secondary N) is 1. The maximum atomic E-state index is 13.3. The van der Waals surface area contributed by atoms with E-state index in [-0.39, 0.29) is 41.5 Å². The van der Waals surface area contributed by atoms with E-state index >= 15 is 0 Å². The van der Waals surface area contributed by atoms with Crippen molar-refractivity contribution in [2.24, 2.45) is 17.8 Å². The molecule has 28 heavy (non-hydrogen) atoms. The SMILES string of the molecule is CC(C)CC(C(=O)NC1CCc2ccccc21)N1C(=O)C2CC=CCC2C1=O. The Hall–Kier alpha value is -2.43. The molecule has 1 heterocycles. The summed E-state index contributed by atoms with van der Waals surface area (Å²) in [5.41, 5.74) is 2.41. The minimum absolute atomic E-state index is 0.0462. The van der Waals surface area contributed by atoms with Crippen molar-refractivity contribution in [2.45, 2.75) is 58.0 Å². The lowest BCUT2D eigenvalue weighted by molar-refractivity contribution is -0.148. The van der Waals surface area contributed by atoms with Crippen molar-refractivity contribution >= 4 is 17.7 Å². The molecule has 5 nitrogen and oxygen atoms in total. The lowest BCUT2D eigenvalue weighted by Crippen LogP contribution is -2.51. The number of hydrogen-bond acceptors (Lipinski definition) is 3. The third kappa shape index (κ3) is 3.27. The number of allylic oxidation sites excluding steroid dienone is 2. The molecule has 1 aromatic rings. The maximum Gasteiger partial charge on any atom is 0.243 e. The largest absolute Gasteiger partial charge is 0.347 e. The van der Waals surface area contributed by atoms with E-state index in [4.69, 9.17) is 0 Å². The van der Waals surface area contributed by atoms with Crippen LogP contribution >= 0.6 is 0 Å². The molecule has 4 unspecified atom stereocenters. The molecule has 4 rings (SSSR count). The minimum atomic E-state index is -0.724. The molecular formula is C23H28N2O3. The van der Waals surface area contributed by atoms with Crippen molar-refractivity contribution in [3.05, 3.63) is 47.5 Å². The van der Waals surface area contributed by atoms with Gasteiger partial charge in [-0.2, -0.15) is 0 Å². The van der Waals surface area contributed by atoms with Crippen LogP contribution in [0, 0.1) is 17.8 Å². The van der Waals surface area contributed by atoms with E-state index in [1.165, 1.54) is 10.5 Å². The van der Waals surface area contributed by atoms with Crippen LogP contribution in [0.2, 0.25) is 0 Å². The van der Waals surface area contributed by atoms with Gasteiger partial charge in [-0.25, -0.2) is 0 Å². The Morgan fingerprint density at radius 2 is 1.75 bits per heavy atom. The number of carbonyl (C=O) groups is 3. The summed E-state index contributed by atoms with van der Waals surface area (Å²) in [6.45, 7) is 4.04. The van der Waals surface area contributed by atoms with Crippen molar-refractivity contribution in [3.8, 4) is 0 Å². The molecule has 3 aliphatic rings. The third-order valence-corrected chi connectivity index (χ3v) is 6.30. The Morgan fingerprint density at radius 3 is 2.39 bits per heavy atom. The molecule has 148 valence electrons. The Labute approximate surface area is 166 Å². The molecule has 0 bridgehead atoms. The molecule has 1 fully saturated rings. The molecule has 0 spiro atoms. The topological polar surface area (TPSA) is 66.5 Å². The van der Waals surface area contributed by atoms with E-state index in [1.807, 2.05) is 38.1 Å². The fourth-order valence-electron chi connectivity index (χ4n) is 4.88. The molecule has 1 saturated heterocycles. The highest BCUT2D eigenvalue weighted by atomic mass is 16.2. The van der Waals surface area contributed by atoms with E-state index in [0.717, 1.165) is 18.4 Å². The van der Waals surface area contributed by atoms with Crippen LogP contribution in [0.15, 0.2) is 36.4 Å². The highest BCUT2D eigenvalue weighted by Gasteiger charge is 2.51. The van der Waals surface area contributed by atoms with Gasteiger partial charge in [0.05, 0.1) is 17.9 Å². The first-order valence-electron chi connectivity index (χ1n) is 10.4. The van der Waals surface area contributed by atoms with Gasteiger partial charge in [0.1, 0.15) is 6.04 Å². The zero-order valence-corrected chi connectivity index (χ0v) is 16.6. The van der Waals surface area contributed by atoms with Gasteiger partial charge in [0.25, 0.3) is 0 Å². The van der Waals surface area contributed by atoms with Crippen LogP contribution in [0.4, 0.5) is 0 Å². The lowest BCUT2D eigenvalue weighted by Gasteiger charge is -2.28. The van der Waals surface area contributed by atoms with Gasteiger partial charge < -0.3 is 5.32 Å². The number of carbonyl (C=O) groups excluding carboxylic acids is 3. The molecule has 3 amide bonds. The van der Waals surface area contributed by atoms with Crippen LogP contribution < -0.4 is 5.32 Å². The van der Waals surface area contributed by atoms with Crippen LogP contribution in [-0.4, -0.2) is 28.7 Å². The molecule has 1 aliphatic heterocycles. The fourth-order valence-corrected chi connectivity index (χ4v) is 4.88. The zero-order valence-electron chi connectivity index (χ0n) is 16.6. The van der Waals surface area contributed by atoms with E-state index in [1.54, 1.807) is 0 Å². The summed E-state index contributed by atoms with van der Waals surface area (Å²) in [7, 11) is 0. The number of imide groups is 1. The number of aryl methyl sites for hydroxylation is 1. The van der Waals surface area contributed by atoms with Crippen molar-refractivity contribution in [1.29, 1.82) is 0 Å². The number of fused-ring (bicyclic) bond motifs is 2. The molecule has 1 aromatic carbocycles. The predicted octanol–water partition coefficient (Wildman–Crippen LogP) is 3.16. The van der Waals surface area contributed by atoms with E-state index in [9.17, 15) is 14.4 Å². The second kappa shape index (κ2) is 7.53. The number of amides is 3. The smallest absolute Gasteiger partial charge is 0.243 e. The van der Waals surface area contributed by atoms with Gasteiger partial charge in [0.2, 0.25) is 17.7 Å². The van der Waals surface area contributed by atoms with E-state index in [0.29, 0.717) is 19.3 Å². The molecule has 2 aliphatic carbocycles. The van der Waals surface area contributed by atoms with E-state index in [2.05, 4.69) is 17.4 Å². The summed E-state index contributed by atoms with van der Waals surface area (Å²) in [5.74, 6) is -0.949. The average molecular weight is 380 g/mol. The maximum absolute atomic E-state index is 13.3. The van der Waals surface area contributed by atoms with Gasteiger partial charge in [-0.3, -0.25) is 19.3 Å². The summed E-state index contributed by atoms with van der Waals surface area (Å²) in [6, 6.07) is 7.38. The molecule has 0 saturated carbocycles. The van der Waals surface area contributed by atoms with Crippen molar-refractivity contribution in [1.82, 2.24) is 10.2 Å². The van der Waals surface area contributed by atoms with Gasteiger partial charge >= 0.3 is 0 Å². The standard InChI is InChI=1S/C23H28N2O3/c1-14(2)13-20(25-22(27)17-9-5-6-10-18(17)23(25)28)21(26)24-19-12-11-15-7-3-4-8-16(15)19/h3-8,14,17-20H,9-13H2,1-2H3,(H,24,26). The van der Waals surface area contributed by atoms with Crippen LogP contribution in [-0.2, 0) is 20.8 Å². The number of nitrogens with zero attached hydrogens (tertiary/aromatic N) is 1. The summed E-state index contributed by atoms with van der Waals surface area (Å²) in [5, 5.41) is 3.14. The first-order chi connectivity index (χ1) is 13.5. The molecular weight excluding hydrogens is 352 g/mol. The van der Waals surface area contributed by atoms with Crippen molar-refractivity contribution in [2.75, 3.05) is 0 Å². The van der Waals surface area contributed by atoms with Crippen LogP contribution in [0.5, 0.6) is 0 Å². The summed E-state index contributed by atoms with van der Waals surface area (Å²) in [4.78, 5) is 40.6. The number of rotatable bonds is 5. The lowest BCUT2D eigenvalue weighted by atomic mass is 9.85. The normalized spacial score (nSPS) is 27.1. The van der Waals surface area contributed by atoms with Gasteiger partial charge in [-0.1, -0.05) is 50.3 Å². The summed E-state index contributed by atoms with van der Waals surface area (Å²) < 4.78 is 0. The highest BCUT2D eigenvalue weighted by molar-refractivity contribution is 6.08. The molecule has 4 atom stereocenters. The van der Waals surface area contributed by atoms with Crippen molar-refractivity contribution < 1.29 is 14.4 Å². The first-order valence-corrected chi connectivity index (χ1v) is 10.4. The van der Waals surface area contributed by atoms with Gasteiger partial charge in [0.15, 0.2) is 0 Å². The molecule has 0 radical (unpaired) electrons. The number of hydrogen-bond donors (Lipinski definition) is 1. The number of benzene rings is 1. The Kier molecular flexibility index (Phi) is 5.09. The predicted molar refractivity (Wildman–Crippen MR) is 106 cm³/mol. The first kappa shape index (κ1) is 18.9. The second-order valence-corrected chi connectivity index (χ2v) is 8.65. The summed E-state index contributed by atoms with van der Waals surface area (Å²) >= 11 is 0. The molecule has 5 heteroatoms. The zero-order chi connectivity index (χ0) is 19.8. The second-order valence-electron chi connectivity index (χ2n) is 8.65. The Balaban J connectivity index is 1.56. The quantitative estimate of drug-likeness (QED) is 0.630. The minimum Gasteiger partial charge on any atom is -0.347 e. The van der Waals surface area contributed by atoms with Gasteiger partial charge in [0, 0.05) is 0 Å². The fraction of sp³-hybridized carbons (Fsp3) is 0.522. The van der Waals surface area contributed by atoms with Gasteiger partial charge in [-0.15, -0.1) is 0 Å². The third-order valence-electron chi connectivity index (χ3n) is 6.30. The molecule has 1 N–H and O–H groups in total. The molecule has 0 aromatic heterocycles. The summed E-state index contributed by atoms with van der Waals surface area (Å²) in [6.07, 6.45) is 7.43. The number of likely N-dealkylation sites (tertiary alicyclic amines) is 1. The van der Waals surface area contributed by atoms with Crippen LogP contribution in [0.3, 0.4) is 0 Å².